The van der Waals surface area contributed by atoms with E-state index in [4.69, 9.17) is 45.3 Å². The second kappa shape index (κ2) is 12.9. The van der Waals surface area contributed by atoms with Gasteiger partial charge in [-0.05, 0) is 38.2 Å². The van der Waals surface area contributed by atoms with Crippen molar-refractivity contribution in [2.45, 2.75) is 60.3 Å². The fourth-order valence-electron chi connectivity index (χ4n) is 4.89. The molecule has 0 aromatic carbocycles. The van der Waals surface area contributed by atoms with E-state index in [1.165, 1.54) is 14.0 Å². The Morgan fingerprint density at radius 3 is 2.40 bits per heavy atom. The smallest absolute Gasteiger partial charge is 0.311 e. The molecule has 1 aliphatic heterocycles. The van der Waals surface area contributed by atoms with Crippen molar-refractivity contribution in [2.24, 2.45) is 29.6 Å². The molecule has 9 atom stereocenters. The average molecular weight is 568 g/mol. The van der Waals surface area contributed by atoms with E-state index in [2.05, 4.69) is 12.6 Å². The Balaban J connectivity index is 2.58. The van der Waals surface area contributed by atoms with E-state index in [1.807, 2.05) is 25.2 Å². The number of methoxy groups -OCH3 is 1. The molecule has 0 spiro atoms. The summed E-state index contributed by atoms with van der Waals surface area (Å²) in [5, 5.41) is 21.3. The van der Waals surface area contributed by atoms with E-state index in [1.54, 1.807) is 25.2 Å². The van der Waals surface area contributed by atoms with Crippen molar-refractivity contribution in [3.63, 3.8) is 0 Å². The molecule has 198 valence electrons. The predicted molar refractivity (Wildman–Crippen MR) is 145 cm³/mol. The first-order valence-corrected chi connectivity index (χ1v) is 13.4. The Labute approximate surface area is 228 Å². The molecule has 6 nitrogen and oxygen atoms in total. The van der Waals surface area contributed by atoms with Crippen LogP contribution in [-0.4, -0.2) is 62.4 Å². The lowest BCUT2D eigenvalue weighted by Gasteiger charge is -2.44. The zero-order valence-electron chi connectivity index (χ0n) is 20.4. The van der Waals surface area contributed by atoms with Crippen LogP contribution in [0.4, 0.5) is 0 Å². The second-order valence-electron chi connectivity index (χ2n) is 9.47. The van der Waals surface area contributed by atoms with Crippen LogP contribution in [0.25, 0.3) is 0 Å². The number of Topliss-reactive ketones (excluding diaryl/α,β-unsaturated/α-hetero) is 1. The Morgan fingerprint density at radius 1 is 1.17 bits per heavy atom. The number of aliphatic hydroxyl groups excluding tert-OH is 1. The number of alkyl halides is 2. The van der Waals surface area contributed by atoms with Gasteiger partial charge in [0.05, 0.1) is 12.5 Å². The molecule has 0 radical (unpaired) electrons. The molecule has 1 aliphatic carbocycles. The third-order valence-corrected chi connectivity index (χ3v) is 8.41. The van der Waals surface area contributed by atoms with Crippen LogP contribution >= 0.6 is 48.5 Å². The number of carbonyl (C=O) groups is 2. The van der Waals surface area contributed by atoms with Crippen LogP contribution in [-0.2, 0) is 19.1 Å². The van der Waals surface area contributed by atoms with Crippen LogP contribution in [0.15, 0.2) is 36.5 Å². The molecular formula is C25H36Cl2O6S2. The summed E-state index contributed by atoms with van der Waals surface area (Å²) in [5.74, 6) is -4.12. The molecule has 0 fully saturated rings. The highest BCUT2D eigenvalue weighted by Crippen LogP contribution is 2.47. The van der Waals surface area contributed by atoms with Gasteiger partial charge in [-0.15, -0.1) is 12.6 Å². The van der Waals surface area contributed by atoms with Gasteiger partial charge in [0.25, 0.3) is 0 Å². The Bertz CT molecular complexity index is 844. The number of hydrogen-bond donors (Lipinski definition) is 4. The molecule has 0 amide bonds. The highest BCUT2D eigenvalue weighted by Gasteiger charge is 2.54. The van der Waals surface area contributed by atoms with E-state index in [0.717, 1.165) is 0 Å². The first-order valence-electron chi connectivity index (χ1n) is 11.7. The quantitative estimate of drug-likeness (QED) is 0.131. The number of ether oxygens (including phenoxy) is 2. The molecule has 2 rings (SSSR count). The van der Waals surface area contributed by atoms with Crippen LogP contribution in [0.5, 0.6) is 0 Å². The monoisotopic (exact) mass is 566 g/mol. The van der Waals surface area contributed by atoms with Crippen LogP contribution in [0, 0.1) is 29.6 Å². The lowest BCUT2D eigenvalue weighted by atomic mass is 9.64. The van der Waals surface area contributed by atoms with Crippen LogP contribution < -0.4 is 0 Å². The van der Waals surface area contributed by atoms with Gasteiger partial charge >= 0.3 is 5.97 Å². The van der Waals surface area contributed by atoms with Crippen LogP contribution in [0.2, 0.25) is 0 Å². The van der Waals surface area contributed by atoms with Crippen LogP contribution in [0.1, 0.15) is 33.6 Å². The number of rotatable bonds is 5. The van der Waals surface area contributed by atoms with E-state index in [-0.39, 0.29) is 36.0 Å². The van der Waals surface area contributed by atoms with E-state index < -0.39 is 45.1 Å². The molecule has 1 unspecified atom stereocenters. The molecular weight excluding hydrogens is 531 g/mol. The summed E-state index contributed by atoms with van der Waals surface area (Å²) >= 11 is 22.2. The number of carbonyl (C=O) groups excluding carboxylic acids is 2. The van der Waals surface area contributed by atoms with E-state index in [9.17, 15) is 19.8 Å². The number of esters is 1. The minimum atomic E-state index is -2.27. The zero-order valence-corrected chi connectivity index (χ0v) is 23.7. The second-order valence-corrected chi connectivity index (χ2v) is 12.3. The first-order chi connectivity index (χ1) is 16.3. The maximum Gasteiger partial charge on any atom is 0.311 e. The van der Waals surface area contributed by atoms with Crippen molar-refractivity contribution in [2.75, 3.05) is 13.7 Å². The molecule has 0 saturated carbocycles. The number of halogens is 2. The average Bonchev–Trinajstić information content (AvgIpc) is 2.78. The third-order valence-electron chi connectivity index (χ3n) is 6.76. The normalized spacial score (nSPS) is 39.6. The van der Waals surface area contributed by atoms with Gasteiger partial charge in [0.1, 0.15) is 17.1 Å². The number of ketones is 1. The molecule has 2 N–H and O–H groups in total. The largest absolute Gasteiger partial charge is 0.458 e. The summed E-state index contributed by atoms with van der Waals surface area (Å²) in [6, 6.07) is 0. The number of cyclic esters (lactones) is 1. The lowest BCUT2D eigenvalue weighted by molar-refractivity contribution is -0.155. The number of hydrogen-bond acceptors (Lipinski definition) is 8. The summed E-state index contributed by atoms with van der Waals surface area (Å²) in [5.41, 5.74) is 0. The summed E-state index contributed by atoms with van der Waals surface area (Å²) in [6.45, 7) is 5.06. The fourth-order valence-corrected chi connectivity index (χ4v) is 6.25. The van der Waals surface area contributed by atoms with Gasteiger partial charge in [-0.3, -0.25) is 9.59 Å². The van der Waals surface area contributed by atoms with Gasteiger partial charge in [-0.2, -0.15) is 12.6 Å². The highest BCUT2D eigenvalue weighted by molar-refractivity contribution is 7.81. The number of aliphatic hydroxyl groups is 2. The van der Waals surface area contributed by atoms with Crippen molar-refractivity contribution >= 4 is 60.2 Å². The zero-order chi connectivity index (χ0) is 26.6. The molecule has 2 aliphatic rings. The Hall–Kier alpha value is -0.480. The van der Waals surface area contributed by atoms with Gasteiger partial charge in [0, 0.05) is 24.2 Å². The Morgan fingerprint density at radius 2 is 1.80 bits per heavy atom. The predicted octanol–water partition coefficient (Wildman–Crippen LogP) is 4.18. The summed E-state index contributed by atoms with van der Waals surface area (Å²) in [6.07, 6.45) is 9.47. The molecule has 1 heterocycles. The molecule has 0 aromatic rings. The SMILES string of the molecule is CC[C@H]1[C@@H]2C(=O)C(Cl)(Cl)C(O)[C@H](C)C(=O)O[C@@H](C)/C=C/C=C\[C@@H](S)[C@@H]2C=C[C@@H]1C[C@](O)(S)COC. The fraction of sp³-hybridized carbons (Fsp3) is 0.680. The molecule has 0 aromatic heterocycles. The number of fused-ring (bicyclic) bond motifs is 1. The first kappa shape index (κ1) is 30.7. The summed E-state index contributed by atoms with van der Waals surface area (Å²) < 4.78 is 8.17. The van der Waals surface area contributed by atoms with E-state index in [0.29, 0.717) is 6.42 Å². The third kappa shape index (κ3) is 7.53. The van der Waals surface area contributed by atoms with Gasteiger partial charge < -0.3 is 19.7 Å². The maximum absolute atomic E-state index is 14.0. The Kier molecular flexibility index (Phi) is 11.3. The van der Waals surface area contributed by atoms with Crippen LogP contribution in [0.3, 0.4) is 0 Å². The summed E-state index contributed by atoms with van der Waals surface area (Å²) in [4.78, 5) is 25.1. The number of thiol groups is 2. The van der Waals surface area contributed by atoms with Crippen molar-refractivity contribution < 1.29 is 29.3 Å². The van der Waals surface area contributed by atoms with Gasteiger partial charge in [0.15, 0.2) is 5.78 Å². The summed E-state index contributed by atoms with van der Waals surface area (Å²) in [7, 11) is 1.47. The molecule has 0 saturated heterocycles. The van der Waals surface area contributed by atoms with Crippen molar-refractivity contribution in [1.29, 1.82) is 0 Å². The molecule has 10 heteroatoms. The van der Waals surface area contributed by atoms with Crippen molar-refractivity contribution in [1.82, 2.24) is 0 Å². The minimum Gasteiger partial charge on any atom is -0.458 e. The molecule has 0 bridgehead atoms. The van der Waals surface area contributed by atoms with E-state index >= 15 is 0 Å². The minimum absolute atomic E-state index is 0.00883. The van der Waals surface area contributed by atoms with Crippen molar-refractivity contribution in [3.8, 4) is 0 Å². The molecule has 35 heavy (non-hydrogen) atoms. The lowest BCUT2D eigenvalue weighted by Crippen LogP contribution is -2.53. The highest BCUT2D eigenvalue weighted by atomic mass is 35.5. The van der Waals surface area contributed by atoms with Gasteiger partial charge in [0.2, 0.25) is 4.33 Å². The van der Waals surface area contributed by atoms with Gasteiger partial charge in [-0.1, -0.05) is 66.9 Å². The maximum atomic E-state index is 14.0. The number of allylic oxidation sites excluding steroid dienone is 4. The topological polar surface area (TPSA) is 93.1 Å². The standard InChI is InChI=1S/C25H36Cl2O6S2/c1-5-17-16(12-24(31,35)13-32-4)10-11-18-19(34)9-7-6-8-14(2)33-23(30)15(3)21(28)25(26,27)22(29)20(17)18/h6-11,14-21,28,31,34-35H,5,12-13H2,1-4H3/b8-6+,9-7-/t14-,15-,16+,17+,18-,19+,20-,21?,24-/m0/s1. The van der Waals surface area contributed by atoms with Crippen molar-refractivity contribution in [3.05, 3.63) is 36.5 Å². The van der Waals surface area contributed by atoms with Gasteiger partial charge in [-0.25, -0.2) is 0 Å².